The van der Waals surface area contributed by atoms with Crippen molar-refractivity contribution in [3.8, 4) is 0 Å². The van der Waals surface area contributed by atoms with Gasteiger partial charge in [0.25, 0.3) is 0 Å². The van der Waals surface area contributed by atoms with Crippen molar-refractivity contribution in [2.75, 3.05) is 0 Å². The maximum atomic E-state index is 10.3. The monoisotopic (exact) mass is 216 g/mol. The average Bonchev–Trinajstić information content (AvgIpc) is 2.90. The van der Waals surface area contributed by atoms with Crippen LogP contribution >= 0.6 is 0 Å². The van der Waals surface area contributed by atoms with Crippen LogP contribution < -0.4 is 0 Å². The first-order chi connectivity index (χ1) is 7.84. The molecular formula is C15H20O. The highest BCUT2D eigenvalue weighted by Crippen LogP contribution is 2.42. The Balaban J connectivity index is 1.71. The second-order valence-electron chi connectivity index (χ2n) is 5.49. The average molecular weight is 216 g/mol. The van der Waals surface area contributed by atoms with Crippen LogP contribution in [0.4, 0.5) is 0 Å². The van der Waals surface area contributed by atoms with Crippen LogP contribution in [0.5, 0.6) is 0 Å². The van der Waals surface area contributed by atoms with Gasteiger partial charge < -0.3 is 5.11 Å². The molecule has 0 aromatic heterocycles. The molecule has 16 heavy (non-hydrogen) atoms. The van der Waals surface area contributed by atoms with Gasteiger partial charge in [-0.3, -0.25) is 0 Å². The number of hydrogen-bond donors (Lipinski definition) is 1. The second-order valence-corrected chi connectivity index (χ2v) is 5.49. The summed E-state index contributed by atoms with van der Waals surface area (Å²) in [6.07, 6.45) is 7.71. The quantitative estimate of drug-likeness (QED) is 0.802. The molecule has 1 nitrogen and oxygen atoms in total. The van der Waals surface area contributed by atoms with Gasteiger partial charge in [-0.15, -0.1) is 0 Å². The molecule has 0 radical (unpaired) electrons. The van der Waals surface area contributed by atoms with Gasteiger partial charge in [-0.25, -0.2) is 0 Å². The molecule has 1 N–H and O–H groups in total. The summed E-state index contributed by atoms with van der Waals surface area (Å²) in [5.74, 6) is 1.37. The Hall–Kier alpha value is -0.820. The lowest BCUT2D eigenvalue weighted by molar-refractivity contribution is 0.107. The molecule has 2 atom stereocenters. The summed E-state index contributed by atoms with van der Waals surface area (Å²) in [6.45, 7) is 0. The Kier molecular flexibility index (Phi) is 2.72. The van der Waals surface area contributed by atoms with E-state index in [0.29, 0.717) is 5.92 Å². The van der Waals surface area contributed by atoms with Crippen LogP contribution in [0.25, 0.3) is 0 Å². The topological polar surface area (TPSA) is 20.2 Å². The van der Waals surface area contributed by atoms with Gasteiger partial charge in [-0.1, -0.05) is 49.9 Å². The Morgan fingerprint density at radius 2 is 1.88 bits per heavy atom. The molecule has 2 unspecified atom stereocenters. The lowest BCUT2D eigenvalue weighted by Crippen LogP contribution is -2.11. The highest BCUT2D eigenvalue weighted by molar-refractivity contribution is 5.34. The van der Waals surface area contributed by atoms with Crippen molar-refractivity contribution >= 4 is 0 Å². The number of aliphatic hydroxyl groups excluding tert-OH is 1. The summed E-state index contributed by atoms with van der Waals surface area (Å²) in [6, 6.07) is 8.39. The van der Waals surface area contributed by atoms with Crippen LogP contribution in [0.2, 0.25) is 0 Å². The number of rotatable bonds is 2. The molecule has 0 amide bonds. The molecule has 0 heterocycles. The van der Waals surface area contributed by atoms with Gasteiger partial charge in [0, 0.05) is 0 Å². The maximum absolute atomic E-state index is 10.3. The second kappa shape index (κ2) is 4.21. The first-order valence-corrected chi connectivity index (χ1v) is 6.60. The third-order valence-electron chi connectivity index (χ3n) is 4.41. The standard InChI is InChI=1S/C15H20O/c16-15-13(9-11-5-1-2-6-11)10-12-7-3-4-8-14(12)15/h3-4,7-8,11,13,15-16H,1-2,5-6,9-10H2. The van der Waals surface area contributed by atoms with E-state index in [1.807, 2.05) is 6.07 Å². The molecule has 2 aliphatic rings. The molecule has 1 aromatic rings. The zero-order chi connectivity index (χ0) is 11.0. The third-order valence-corrected chi connectivity index (χ3v) is 4.41. The van der Waals surface area contributed by atoms with E-state index in [-0.39, 0.29) is 6.10 Å². The predicted octanol–water partition coefficient (Wildman–Crippen LogP) is 3.47. The van der Waals surface area contributed by atoms with E-state index in [1.54, 1.807) is 0 Å². The Labute approximate surface area is 97.5 Å². The molecule has 86 valence electrons. The van der Waals surface area contributed by atoms with E-state index >= 15 is 0 Å². The first-order valence-electron chi connectivity index (χ1n) is 6.60. The van der Waals surface area contributed by atoms with E-state index in [0.717, 1.165) is 12.3 Å². The molecular weight excluding hydrogens is 196 g/mol. The van der Waals surface area contributed by atoms with Crippen LogP contribution in [0.1, 0.15) is 49.3 Å². The molecule has 1 saturated carbocycles. The van der Waals surface area contributed by atoms with E-state index < -0.39 is 0 Å². The van der Waals surface area contributed by atoms with Gasteiger partial charge in [0.05, 0.1) is 6.10 Å². The minimum Gasteiger partial charge on any atom is -0.388 e. The summed E-state index contributed by atoms with van der Waals surface area (Å²) in [5, 5.41) is 10.3. The van der Waals surface area contributed by atoms with E-state index in [1.165, 1.54) is 43.2 Å². The molecule has 0 saturated heterocycles. The van der Waals surface area contributed by atoms with Gasteiger partial charge in [-0.2, -0.15) is 0 Å². The van der Waals surface area contributed by atoms with E-state index in [2.05, 4.69) is 18.2 Å². The van der Waals surface area contributed by atoms with Crippen molar-refractivity contribution in [1.82, 2.24) is 0 Å². The smallest absolute Gasteiger partial charge is 0.0824 e. The largest absolute Gasteiger partial charge is 0.388 e. The molecule has 1 aromatic carbocycles. The SMILES string of the molecule is OC1c2ccccc2CC1CC1CCCC1. The minimum absolute atomic E-state index is 0.197. The Morgan fingerprint density at radius 1 is 1.12 bits per heavy atom. The Morgan fingerprint density at radius 3 is 2.62 bits per heavy atom. The normalized spacial score (nSPS) is 29.6. The lowest BCUT2D eigenvalue weighted by Gasteiger charge is -2.18. The van der Waals surface area contributed by atoms with Crippen LogP contribution in [0.15, 0.2) is 24.3 Å². The molecule has 3 rings (SSSR count). The van der Waals surface area contributed by atoms with Crippen molar-refractivity contribution < 1.29 is 5.11 Å². The number of fused-ring (bicyclic) bond motifs is 1. The number of aliphatic hydroxyl groups is 1. The zero-order valence-electron chi connectivity index (χ0n) is 9.73. The molecule has 2 aliphatic carbocycles. The van der Waals surface area contributed by atoms with Crippen molar-refractivity contribution in [1.29, 1.82) is 0 Å². The number of benzene rings is 1. The summed E-state index contributed by atoms with van der Waals surface area (Å²) in [5.41, 5.74) is 2.56. The van der Waals surface area contributed by atoms with Crippen LogP contribution in [-0.4, -0.2) is 5.11 Å². The third kappa shape index (κ3) is 1.78. The van der Waals surface area contributed by atoms with Gasteiger partial charge in [0.2, 0.25) is 0 Å². The highest BCUT2D eigenvalue weighted by atomic mass is 16.3. The fourth-order valence-electron chi connectivity index (χ4n) is 3.54. The lowest BCUT2D eigenvalue weighted by atomic mass is 9.90. The minimum atomic E-state index is -0.197. The Bertz CT molecular complexity index is 365. The molecule has 0 aliphatic heterocycles. The fraction of sp³-hybridized carbons (Fsp3) is 0.600. The zero-order valence-corrected chi connectivity index (χ0v) is 9.73. The fourth-order valence-corrected chi connectivity index (χ4v) is 3.54. The molecule has 0 spiro atoms. The van der Waals surface area contributed by atoms with Crippen LogP contribution in [0.3, 0.4) is 0 Å². The van der Waals surface area contributed by atoms with Crippen LogP contribution in [-0.2, 0) is 6.42 Å². The van der Waals surface area contributed by atoms with E-state index in [9.17, 15) is 5.11 Å². The predicted molar refractivity (Wildman–Crippen MR) is 65.2 cm³/mol. The van der Waals surface area contributed by atoms with Crippen LogP contribution in [0, 0.1) is 11.8 Å². The summed E-state index contributed by atoms with van der Waals surface area (Å²) in [7, 11) is 0. The maximum Gasteiger partial charge on any atom is 0.0824 e. The van der Waals surface area contributed by atoms with Crippen molar-refractivity contribution in [2.24, 2.45) is 11.8 Å². The summed E-state index contributed by atoms with van der Waals surface area (Å²) >= 11 is 0. The van der Waals surface area contributed by atoms with Gasteiger partial charge >= 0.3 is 0 Å². The van der Waals surface area contributed by atoms with Crippen molar-refractivity contribution in [3.63, 3.8) is 0 Å². The summed E-state index contributed by atoms with van der Waals surface area (Å²) < 4.78 is 0. The number of hydrogen-bond acceptors (Lipinski definition) is 1. The van der Waals surface area contributed by atoms with Gasteiger partial charge in [0.15, 0.2) is 0 Å². The van der Waals surface area contributed by atoms with Crippen molar-refractivity contribution in [3.05, 3.63) is 35.4 Å². The summed E-state index contributed by atoms with van der Waals surface area (Å²) in [4.78, 5) is 0. The van der Waals surface area contributed by atoms with Gasteiger partial charge in [0.1, 0.15) is 0 Å². The van der Waals surface area contributed by atoms with E-state index in [4.69, 9.17) is 0 Å². The first kappa shape index (κ1) is 10.3. The molecule has 0 bridgehead atoms. The molecule has 1 fully saturated rings. The highest BCUT2D eigenvalue weighted by Gasteiger charge is 2.32. The van der Waals surface area contributed by atoms with Crippen molar-refractivity contribution in [2.45, 2.75) is 44.6 Å². The molecule has 1 heteroatoms. The van der Waals surface area contributed by atoms with Gasteiger partial charge in [-0.05, 0) is 35.8 Å².